The van der Waals surface area contributed by atoms with E-state index in [0.717, 1.165) is 0 Å². The second-order valence-corrected chi connectivity index (χ2v) is 19.4. The quantitative estimate of drug-likeness (QED) is 0.619. The van der Waals surface area contributed by atoms with Gasteiger partial charge in [0, 0.05) is 0 Å². The summed E-state index contributed by atoms with van der Waals surface area (Å²) in [5.41, 5.74) is 6.40. The van der Waals surface area contributed by atoms with Gasteiger partial charge in [-0.2, -0.15) is 0 Å². The molecular weight excluding hydrogens is 247 g/mol. The first-order chi connectivity index (χ1) is 6.14. The Bertz CT molecular complexity index is 300. The minimum atomic E-state index is -1.93. The van der Waals surface area contributed by atoms with Gasteiger partial charge in [-0.1, -0.05) is 0 Å². The van der Waals surface area contributed by atoms with Crippen molar-refractivity contribution < 1.29 is 20.3 Å². The summed E-state index contributed by atoms with van der Waals surface area (Å²) in [6.45, 7) is 11.7. The first-order valence-electron chi connectivity index (χ1n) is 5.50. The number of hydrogen-bond donors (Lipinski definition) is 0. The molecule has 1 rings (SSSR count). The van der Waals surface area contributed by atoms with Gasteiger partial charge in [0.25, 0.3) is 0 Å². The van der Waals surface area contributed by atoms with Crippen molar-refractivity contribution in [2.24, 2.45) is 0 Å². The molecule has 0 nitrogen and oxygen atoms in total. The monoisotopic (exact) mass is 270 g/mol. The summed E-state index contributed by atoms with van der Waals surface area (Å²) in [5.74, 6) is 0. The molecule has 0 bridgehead atoms. The van der Waals surface area contributed by atoms with Crippen molar-refractivity contribution in [1.82, 2.24) is 0 Å². The normalized spacial score (nSPS) is 22.3. The Labute approximate surface area is 93.9 Å². The molecule has 0 fully saturated rings. The van der Waals surface area contributed by atoms with Crippen molar-refractivity contribution in [3.8, 4) is 0 Å². The van der Waals surface area contributed by atoms with E-state index in [2.05, 4.69) is 48.5 Å². The van der Waals surface area contributed by atoms with Gasteiger partial charge in [-0.25, -0.2) is 0 Å². The second-order valence-electron chi connectivity index (χ2n) is 5.88. The number of rotatable bonds is 1. The molecule has 0 atom stereocenters. The molecule has 0 radical (unpaired) electrons. The Morgan fingerprint density at radius 2 is 1.07 bits per heavy atom. The fraction of sp³-hybridized carbons (Fsp3) is 0.692. The molecule has 0 N–H and O–H groups in total. The Balaban J connectivity index is 3.42. The van der Waals surface area contributed by atoms with Crippen molar-refractivity contribution in [1.29, 1.82) is 0 Å². The third-order valence-electron chi connectivity index (χ3n) is 4.69. The van der Waals surface area contributed by atoms with E-state index >= 15 is 0 Å². The molecule has 1 aliphatic carbocycles. The van der Waals surface area contributed by atoms with E-state index in [1.807, 2.05) is 0 Å². The topological polar surface area (TPSA) is 0 Å². The van der Waals surface area contributed by atoms with E-state index in [9.17, 15) is 0 Å². The molecule has 0 spiro atoms. The van der Waals surface area contributed by atoms with Crippen LogP contribution in [0.2, 0.25) is 17.0 Å². The van der Waals surface area contributed by atoms with Crippen molar-refractivity contribution in [3.05, 3.63) is 22.3 Å². The van der Waals surface area contributed by atoms with Crippen LogP contribution in [0.25, 0.3) is 0 Å². The maximum absolute atomic E-state index is 2.55. The Morgan fingerprint density at radius 1 is 0.786 bits per heavy atom. The van der Waals surface area contributed by atoms with Gasteiger partial charge < -0.3 is 0 Å². The van der Waals surface area contributed by atoms with Crippen molar-refractivity contribution >= 4 is 0 Å². The third-order valence-corrected chi connectivity index (χ3v) is 13.9. The maximum atomic E-state index is 2.55. The van der Waals surface area contributed by atoms with Crippen molar-refractivity contribution in [2.75, 3.05) is 0 Å². The SMILES string of the molecule is CC1=C(C)[C](C)([Zr]([CH3])([CH3])[CH3])C(C)=C1C. The van der Waals surface area contributed by atoms with Gasteiger partial charge in [0.15, 0.2) is 0 Å². The van der Waals surface area contributed by atoms with E-state index < -0.39 is 20.3 Å². The van der Waals surface area contributed by atoms with Crippen LogP contribution in [0, 0.1) is 0 Å². The van der Waals surface area contributed by atoms with Crippen LogP contribution in [0.15, 0.2) is 22.3 Å². The molecule has 0 unspecified atom stereocenters. The molecule has 1 heteroatoms. The van der Waals surface area contributed by atoms with Gasteiger partial charge >= 0.3 is 94.2 Å². The predicted octanol–water partition coefficient (Wildman–Crippen LogP) is 5.15. The summed E-state index contributed by atoms with van der Waals surface area (Å²) in [4.78, 5) is 0. The molecule has 0 saturated heterocycles. The molecule has 0 aromatic carbocycles. The first kappa shape index (κ1) is 12.4. The molecular formula is C13H24Zr. The fourth-order valence-corrected chi connectivity index (χ4v) is 9.17. The Kier molecular flexibility index (Phi) is 3.06. The second kappa shape index (κ2) is 3.44. The van der Waals surface area contributed by atoms with Crippen LogP contribution in [-0.2, 0) is 20.3 Å². The molecule has 0 aromatic heterocycles. The molecule has 1 aliphatic rings. The summed E-state index contributed by atoms with van der Waals surface area (Å²) in [5, 5.41) is 0. The summed E-state index contributed by atoms with van der Waals surface area (Å²) in [6, 6.07) is 0. The number of hydrogen-bond acceptors (Lipinski definition) is 0. The summed E-state index contributed by atoms with van der Waals surface area (Å²) >= 11 is -1.93. The average molecular weight is 272 g/mol. The van der Waals surface area contributed by atoms with E-state index in [1.165, 1.54) is 0 Å². The van der Waals surface area contributed by atoms with Crippen molar-refractivity contribution in [3.63, 3.8) is 0 Å². The molecule has 80 valence electrons. The first-order valence-corrected chi connectivity index (χ1v) is 14.1. The summed E-state index contributed by atoms with van der Waals surface area (Å²) in [6.07, 6.45) is 0. The summed E-state index contributed by atoms with van der Waals surface area (Å²) in [7, 11) is 0. The van der Waals surface area contributed by atoms with Gasteiger partial charge in [-0.05, 0) is 0 Å². The van der Waals surface area contributed by atoms with E-state index in [0.29, 0.717) is 3.12 Å². The fourth-order valence-electron chi connectivity index (χ4n) is 2.72. The van der Waals surface area contributed by atoms with Crippen LogP contribution >= 0.6 is 0 Å². The van der Waals surface area contributed by atoms with Crippen LogP contribution in [0.3, 0.4) is 0 Å². The van der Waals surface area contributed by atoms with Crippen molar-refractivity contribution in [2.45, 2.75) is 51.6 Å². The predicted molar refractivity (Wildman–Crippen MR) is 62.7 cm³/mol. The standard InChI is InChI=1S/C10H15.3CH3.Zr/c1-6-7(2)9(4)10(5)8(6)3;;;;/h1-5H3;3*1H3;. The zero-order chi connectivity index (χ0) is 11.3. The van der Waals surface area contributed by atoms with Crippen LogP contribution in [0.5, 0.6) is 0 Å². The van der Waals surface area contributed by atoms with Crippen LogP contribution in [-0.4, -0.2) is 0 Å². The van der Waals surface area contributed by atoms with Gasteiger partial charge in [-0.3, -0.25) is 0 Å². The molecule has 0 saturated carbocycles. The van der Waals surface area contributed by atoms with E-state index in [-0.39, 0.29) is 0 Å². The van der Waals surface area contributed by atoms with Gasteiger partial charge in [0.1, 0.15) is 0 Å². The zero-order valence-electron chi connectivity index (χ0n) is 11.0. The van der Waals surface area contributed by atoms with Crippen LogP contribution < -0.4 is 0 Å². The summed E-state index contributed by atoms with van der Waals surface area (Å²) < 4.78 is 8.11. The minimum absolute atomic E-state index is 0.461. The van der Waals surface area contributed by atoms with E-state index in [1.54, 1.807) is 22.3 Å². The van der Waals surface area contributed by atoms with Crippen LogP contribution in [0.1, 0.15) is 34.6 Å². The molecule has 14 heavy (non-hydrogen) atoms. The molecule has 0 heterocycles. The Hall–Kier alpha value is 0.363. The third kappa shape index (κ3) is 1.43. The van der Waals surface area contributed by atoms with Gasteiger partial charge in [-0.15, -0.1) is 0 Å². The molecule has 0 amide bonds. The number of allylic oxidation sites excluding steroid dienone is 4. The molecule has 0 aliphatic heterocycles. The van der Waals surface area contributed by atoms with Gasteiger partial charge in [0.05, 0.1) is 0 Å². The zero-order valence-corrected chi connectivity index (χ0v) is 13.5. The van der Waals surface area contributed by atoms with E-state index in [4.69, 9.17) is 0 Å². The average Bonchev–Trinajstić information content (AvgIpc) is 2.21. The molecule has 0 aromatic rings. The van der Waals surface area contributed by atoms with Crippen LogP contribution in [0.4, 0.5) is 0 Å². The Morgan fingerprint density at radius 3 is 1.21 bits per heavy atom. The van der Waals surface area contributed by atoms with Gasteiger partial charge in [0.2, 0.25) is 0 Å².